The van der Waals surface area contributed by atoms with Crippen molar-refractivity contribution in [2.24, 2.45) is 0 Å². The van der Waals surface area contributed by atoms with Gasteiger partial charge in [0.05, 0.1) is 0 Å². The van der Waals surface area contributed by atoms with E-state index in [1.54, 1.807) is 13.2 Å². The molecule has 1 aromatic rings. The molecule has 0 spiro atoms. The van der Waals surface area contributed by atoms with Gasteiger partial charge in [-0.2, -0.15) is 0 Å². The van der Waals surface area contributed by atoms with Crippen LogP contribution in [0.1, 0.15) is 25.0 Å². The number of unbranched alkanes of at least 4 members (excludes halogenated alkanes) is 2. The zero-order valence-corrected chi connectivity index (χ0v) is 11.7. The molecule has 1 rings (SSSR count). The molecule has 0 fully saturated rings. The highest BCUT2D eigenvalue weighted by atomic mass is 16.6. The maximum Gasteiger partial charge on any atom is 0.424 e. The SMILES string of the molecule is CNN(CCCCCc1ccccn1)C(=O)OCC=O. The summed E-state index contributed by atoms with van der Waals surface area (Å²) in [6.45, 7) is 0.340. The van der Waals surface area contributed by atoms with Gasteiger partial charge in [0.2, 0.25) is 0 Å². The molecule has 0 aliphatic heterocycles. The van der Waals surface area contributed by atoms with E-state index in [0.29, 0.717) is 12.8 Å². The Morgan fingerprint density at radius 3 is 2.90 bits per heavy atom. The highest BCUT2D eigenvalue weighted by Gasteiger charge is 2.11. The summed E-state index contributed by atoms with van der Waals surface area (Å²) < 4.78 is 4.72. The molecule has 110 valence electrons. The van der Waals surface area contributed by atoms with Gasteiger partial charge in [0, 0.05) is 25.5 Å². The highest BCUT2D eigenvalue weighted by molar-refractivity contribution is 5.69. The van der Waals surface area contributed by atoms with Crippen LogP contribution in [0.4, 0.5) is 4.79 Å². The topological polar surface area (TPSA) is 71.5 Å². The van der Waals surface area contributed by atoms with E-state index in [1.807, 2.05) is 18.2 Å². The first-order valence-electron chi connectivity index (χ1n) is 6.73. The Kier molecular flexibility index (Phi) is 7.98. The number of hydrogen-bond acceptors (Lipinski definition) is 5. The Morgan fingerprint density at radius 2 is 2.25 bits per heavy atom. The number of carbonyl (C=O) groups is 2. The van der Waals surface area contributed by atoms with Crippen molar-refractivity contribution in [2.75, 3.05) is 20.2 Å². The largest absolute Gasteiger partial charge is 0.441 e. The molecule has 0 aromatic carbocycles. The molecule has 1 heterocycles. The number of aryl methyl sites for hydroxylation is 1. The summed E-state index contributed by atoms with van der Waals surface area (Å²) >= 11 is 0. The van der Waals surface area contributed by atoms with Gasteiger partial charge >= 0.3 is 6.09 Å². The van der Waals surface area contributed by atoms with Gasteiger partial charge < -0.3 is 4.74 Å². The van der Waals surface area contributed by atoms with Crippen LogP contribution in [0.3, 0.4) is 0 Å². The lowest BCUT2D eigenvalue weighted by Crippen LogP contribution is -2.41. The molecule has 0 aliphatic rings. The molecular weight excluding hydrogens is 258 g/mol. The average Bonchev–Trinajstić information content (AvgIpc) is 2.49. The van der Waals surface area contributed by atoms with Crippen LogP contribution in [-0.2, 0) is 16.0 Å². The van der Waals surface area contributed by atoms with E-state index < -0.39 is 6.09 Å². The Bertz CT molecular complexity index is 398. The molecule has 0 radical (unpaired) electrons. The number of aromatic nitrogens is 1. The third kappa shape index (κ3) is 6.29. The normalized spacial score (nSPS) is 10.1. The minimum Gasteiger partial charge on any atom is -0.441 e. The molecule has 0 bridgehead atoms. The number of amides is 1. The molecule has 1 amide bonds. The predicted octanol–water partition coefficient (Wildman–Crippen LogP) is 1.57. The Morgan fingerprint density at radius 1 is 1.40 bits per heavy atom. The van der Waals surface area contributed by atoms with E-state index in [2.05, 4.69) is 10.4 Å². The Hall–Kier alpha value is -1.95. The summed E-state index contributed by atoms with van der Waals surface area (Å²) in [5, 5.41) is 1.37. The fraction of sp³-hybridized carbons (Fsp3) is 0.500. The van der Waals surface area contributed by atoms with Crippen LogP contribution in [0, 0.1) is 0 Å². The van der Waals surface area contributed by atoms with Crippen molar-refractivity contribution in [3.05, 3.63) is 30.1 Å². The quantitative estimate of drug-likeness (QED) is 0.422. The van der Waals surface area contributed by atoms with Crippen molar-refractivity contribution < 1.29 is 14.3 Å². The van der Waals surface area contributed by atoms with E-state index in [-0.39, 0.29) is 6.61 Å². The number of hydrogen-bond donors (Lipinski definition) is 1. The molecule has 20 heavy (non-hydrogen) atoms. The zero-order chi connectivity index (χ0) is 14.6. The van der Waals surface area contributed by atoms with Gasteiger partial charge in [-0.25, -0.2) is 15.2 Å². The van der Waals surface area contributed by atoms with E-state index >= 15 is 0 Å². The second-order valence-electron chi connectivity index (χ2n) is 4.25. The predicted molar refractivity (Wildman–Crippen MR) is 75.0 cm³/mol. The van der Waals surface area contributed by atoms with Crippen molar-refractivity contribution in [1.82, 2.24) is 15.4 Å². The lowest BCUT2D eigenvalue weighted by Gasteiger charge is -2.19. The first-order valence-corrected chi connectivity index (χ1v) is 6.73. The van der Waals surface area contributed by atoms with Crippen LogP contribution in [0.25, 0.3) is 0 Å². The van der Waals surface area contributed by atoms with Crippen LogP contribution in [0.2, 0.25) is 0 Å². The third-order valence-electron chi connectivity index (χ3n) is 2.81. The monoisotopic (exact) mass is 279 g/mol. The van der Waals surface area contributed by atoms with E-state index in [1.165, 1.54) is 5.01 Å². The number of aldehydes is 1. The van der Waals surface area contributed by atoms with Crippen molar-refractivity contribution in [3.63, 3.8) is 0 Å². The minimum atomic E-state index is -0.524. The summed E-state index contributed by atoms with van der Waals surface area (Å²) in [5.41, 5.74) is 3.84. The van der Waals surface area contributed by atoms with Crippen LogP contribution in [0.15, 0.2) is 24.4 Å². The molecule has 0 aliphatic carbocycles. The van der Waals surface area contributed by atoms with E-state index in [4.69, 9.17) is 4.74 Å². The Labute approximate surface area is 119 Å². The Balaban J connectivity index is 2.15. The maximum absolute atomic E-state index is 11.5. The summed E-state index contributed by atoms with van der Waals surface area (Å²) in [6.07, 6.45) is 5.65. The molecule has 0 saturated heterocycles. The van der Waals surface area contributed by atoms with Crippen LogP contribution in [0.5, 0.6) is 0 Å². The fourth-order valence-corrected chi connectivity index (χ4v) is 1.78. The number of rotatable bonds is 9. The van der Waals surface area contributed by atoms with Crippen LogP contribution >= 0.6 is 0 Å². The van der Waals surface area contributed by atoms with E-state index in [0.717, 1.165) is 31.4 Å². The fourth-order valence-electron chi connectivity index (χ4n) is 1.78. The molecule has 6 nitrogen and oxygen atoms in total. The summed E-state index contributed by atoms with van der Waals surface area (Å²) in [5.74, 6) is 0. The first-order chi connectivity index (χ1) is 9.77. The van der Waals surface area contributed by atoms with E-state index in [9.17, 15) is 9.59 Å². The van der Waals surface area contributed by atoms with Gasteiger partial charge in [0.25, 0.3) is 0 Å². The summed E-state index contributed by atoms with van der Waals surface area (Å²) in [4.78, 5) is 25.9. The van der Waals surface area contributed by atoms with Gasteiger partial charge in [0.15, 0.2) is 6.29 Å². The van der Waals surface area contributed by atoms with Crippen molar-refractivity contribution in [3.8, 4) is 0 Å². The van der Waals surface area contributed by atoms with Gasteiger partial charge in [-0.05, 0) is 31.4 Å². The third-order valence-corrected chi connectivity index (χ3v) is 2.81. The number of carbonyl (C=O) groups excluding carboxylic acids is 2. The lowest BCUT2D eigenvalue weighted by atomic mass is 10.1. The second-order valence-corrected chi connectivity index (χ2v) is 4.25. The van der Waals surface area contributed by atoms with Gasteiger partial charge in [0.1, 0.15) is 6.61 Å². The number of nitrogens with zero attached hydrogens (tertiary/aromatic N) is 2. The molecular formula is C14H21N3O3. The number of hydrazine groups is 1. The highest BCUT2D eigenvalue weighted by Crippen LogP contribution is 2.04. The molecule has 0 unspecified atom stereocenters. The molecule has 6 heteroatoms. The zero-order valence-electron chi connectivity index (χ0n) is 11.7. The number of pyridine rings is 1. The van der Waals surface area contributed by atoms with Crippen molar-refractivity contribution in [2.45, 2.75) is 25.7 Å². The van der Waals surface area contributed by atoms with Gasteiger partial charge in [-0.15, -0.1) is 0 Å². The smallest absolute Gasteiger partial charge is 0.424 e. The molecule has 1 N–H and O–H groups in total. The number of nitrogens with one attached hydrogen (secondary N) is 1. The number of ether oxygens (including phenoxy) is 1. The first kappa shape index (κ1) is 16.1. The minimum absolute atomic E-state index is 0.212. The van der Waals surface area contributed by atoms with Crippen LogP contribution < -0.4 is 5.43 Å². The maximum atomic E-state index is 11.5. The van der Waals surface area contributed by atoms with Crippen molar-refractivity contribution in [1.29, 1.82) is 0 Å². The standard InChI is InChI=1S/C14H21N3O3/c1-15-17(14(19)20-12-11-18)10-6-2-3-7-13-8-4-5-9-16-13/h4-5,8-9,11,15H,2-3,6-7,10,12H2,1H3. The lowest BCUT2D eigenvalue weighted by molar-refractivity contribution is -0.110. The molecule has 1 aromatic heterocycles. The van der Waals surface area contributed by atoms with Crippen molar-refractivity contribution >= 4 is 12.4 Å². The summed E-state index contributed by atoms with van der Waals surface area (Å²) in [7, 11) is 1.65. The average molecular weight is 279 g/mol. The summed E-state index contributed by atoms with van der Waals surface area (Å²) in [6, 6.07) is 5.89. The van der Waals surface area contributed by atoms with Gasteiger partial charge in [-0.3, -0.25) is 9.78 Å². The molecule has 0 saturated carbocycles. The van der Waals surface area contributed by atoms with Gasteiger partial charge in [-0.1, -0.05) is 12.5 Å². The van der Waals surface area contributed by atoms with Crippen LogP contribution in [-0.4, -0.2) is 42.6 Å². The second kappa shape index (κ2) is 9.91. The molecule has 0 atom stereocenters.